The molecule has 4 atom stereocenters. The number of hydrogen-bond donors (Lipinski definition) is 1. The zero-order valence-corrected chi connectivity index (χ0v) is 12.2. The van der Waals surface area contributed by atoms with Gasteiger partial charge in [-0.25, -0.2) is 0 Å². The smallest absolute Gasteiger partial charge is 0.252 e. The Balaban J connectivity index is 1.46. The predicted octanol–water partition coefficient (Wildman–Crippen LogP) is 2.58. The van der Waals surface area contributed by atoms with Crippen LogP contribution in [0.2, 0.25) is 0 Å². The summed E-state index contributed by atoms with van der Waals surface area (Å²) in [6.45, 7) is 0. The maximum Gasteiger partial charge on any atom is 0.252 e. The van der Waals surface area contributed by atoms with Crippen LogP contribution in [0, 0.1) is 17.8 Å². The first-order chi connectivity index (χ1) is 10.8. The number of nitrogens with zero attached hydrogens (tertiary/aromatic N) is 1. The maximum atomic E-state index is 12.5. The van der Waals surface area contributed by atoms with Crippen molar-refractivity contribution in [2.45, 2.75) is 25.3 Å². The molecule has 2 fully saturated rings. The van der Waals surface area contributed by atoms with Crippen molar-refractivity contribution in [1.82, 2.24) is 10.3 Å². The van der Waals surface area contributed by atoms with Gasteiger partial charge < -0.3 is 10.1 Å². The molecule has 2 saturated carbocycles. The summed E-state index contributed by atoms with van der Waals surface area (Å²) >= 11 is 0. The zero-order chi connectivity index (χ0) is 15.1. The molecule has 0 saturated heterocycles. The molecule has 1 aromatic carbocycles. The number of carbonyl (C=O) groups excluding carboxylic acids is 2. The van der Waals surface area contributed by atoms with Gasteiger partial charge in [-0.3, -0.25) is 9.78 Å². The van der Waals surface area contributed by atoms with Crippen LogP contribution in [0.3, 0.4) is 0 Å². The lowest BCUT2D eigenvalue weighted by molar-refractivity contribution is -0.108. The molecule has 1 N–H and O–H groups in total. The molecule has 1 aromatic heterocycles. The Morgan fingerprint density at radius 2 is 2.05 bits per heavy atom. The molecule has 1 heterocycles. The number of fused-ring (bicyclic) bond motifs is 2. The van der Waals surface area contributed by atoms with Crippen LogP contribution < -0.4 is 5.32 Å². The van der Waals surface area contributed by atoms with E-state index in [1.165, 1.54) is 0 Å². The normalized spacial score (nSPS) is 29.1. The lowest BCUT2D eigenvalue weighted by Crippen LogP contribution is -2.34. The van der Waals surface area contributed by atoms with Gasteiger partial charge in [-0.2, -0.15) is 0 Å². The van der Waals surface area contributed by atoms with Gasteiger partial charge in [-0.15, -0.1) is 0 Å². The average molecular weight is 294 g/mol. The van der Waals surface area contributed by atoms with Crippen LogP contribution in [0.5, 0.6) is 0 Å². The lowest BCUT2D eigenvalue weighted by Gasteiger charge is -2.16. The number of aldehydes is 1. The summed E-state index contributed by atoms with van der Waals surface area (Å²) in [5.41, 5.74) is 1.53. The van der Waals surface area contributed by atoms with Gasteiger partial charge in [0.05, 0.1) is 5.52 Å². The van der Waals surface area contributed by atoms with Crippen LogP contribution >= 0.6 is 0 Å². The molecule has 1 amide bonds. The fourth-order valence-electron chi connectivity index (χ4n) is 4.12. The van der Waals surface area contributed by atoms with Crippen molar-refractivity contribution in [1.29, 1.82) is 0 Å². The minimum absolute atomic E-state index is 0.0168. The highest BCUT2D eigenvalue weighted by molar-refractivity contribution is 6.06. The van der Waals surface area contributed by atoms with E-state index >= 15 is 0 Å². The van der Waals surface area contributed by atoms with Crippen molar-refractivity contribution in [3.8, 4) is 0 Å². The van der Waals surface area contributed by atoms with E-state index in [1.54, 1.807) is 6.20 Å². The fourth-order valence-corrected chi connectivity index (χ4v) is 4.12. The molecule has 22 heavy (non-hydrogen) atoms. The second kappa shape index (κ2) is 5.20. The first-order valence-corrected chi connectivity index (χ1v) is 7.86. The van der Waals surface area contributed by atoms with Gasteiger partial charge in [0.25, 0.3) is 5.91 Å². The third-order valence-electron chi connectivity index (χ3n) is 5.22. The Morgan fingerprint density at radius 3 is 2.82 bits per heavy atom. The number of pyridine rings is 1. The topological polar surface area (TPSA) is 59.1 Å². The predicted molar refractivity (Wildman–Crippen MR) is 83.4 cm³/mol. The van der Waals surface area contributed by atoms with E-state index in [2.05, 4.69) is 10.3 Å². The Labute approximate surface area is 128 Å². The number of amides is 1. The molecule has 0 radical (unpaired) electrons. The molecular weight excluding hydrogens is 276 g/mol. The number of benzene rings is 1. The molecule has 0 spiro atoms. The van der Waals surface area contributed by atoms with Gasteiger partial charge in [-0.1, -0.05) is 12.1 Å². The highest BCUT2D eigenvalue weighted by Gasteiger charge is 2.55. The summed E-state index contributed by atoms with van der Waals surface area (Å²) in [5, 5.41) is 4.05. The summed E-state index contributed by atoms with van der Waals surface area (Å²) in [5.74, 6) is 1.85. The van der Waals surface area contributed by atoms with Crippen LogP contribution in [0.15, 0.2) is 36.5 Å². The third kappa shape index (κ3) is 2.19. The molecule has 0 aliphatic heterocycles. The molecular formula is C18H18N2O2. The standard InChI is InChI=1S/C18H18N2O2/c21-8-6-12-15-9-11(10-16(12)15)20-18(22)14-3-1-5-17-13(14)4-2-7-19-17/h1-5,7-8,11-12,15-16H,6,9-10H2,(H,20,22)/t11-,12+,15+,16-. The highest BCUT2D eigenvalue weighted by Crippen LogP contribution is 2.58. The van der Waals surface area contributed by atoms with E-state index in [0.717, 1.165) is 30.0 Å². The Hall–Kier alpha value is -2.23. The van der Waals surface area contributed by atoms with Crippen LogP contribution in [-0.2, 0) is 4.79 Å². The number of nitrogens with one attached hydrogen (secondary N) is 1. The molecule has 4 rings (SSSR count). The maximum absolute atomic E-state index is 12.5. The van der Waals surface area contributed by atoms with Gasteiger partial charge in [0, 0.05) is 29.6 Å². The van der Waals surface area contributed by atoms with Crippen molar-refractivity contribution >= 4 is 23.1 Å². The van der Waals surface area contributed by atoms with Crippen molar-refractivity contribution in [3.05, 3.63) is 42.1 Å². The van der Waals surface area contributed by atoms with E-state index in [9.17, 15) is 9.59 Å². The molecule has 2 aliphatic carbocycles. The molecule has 112 valence electrons. The van der Waals surface area contributed by atoms with Crippen molar-refractivity contribution in [2.75, 3.05) is 0 Å². The summed E-state index contributed by atoms with van der Waals surface area (Å²) in [6.07, 6.45) is 5.47. The number of rotatable bonds is 4. The summed E-state index contributed by atoms with van der Waals surface area (Å²) in [4.78, 5) is 27.4. The fraction of sp³-hybridized carbons (Fsp3) is 0.389. The second-order valence-electron chi connectivity index (χ2n) is 6.41. The zero-order valence-electron chi connectivity index (χ0n) is 12.2. The second-order valence-corrected chi connectivity index (χ2v) is 6.41. The van der Waals surface area contributed by atoms with Crippen LogP contribution in [0.4, 0.5) is 0 Å². The molecule has 0 unspecified atom stereocenters. The van der Waals surface area contributed by atoms with Crippen LogP contribution in [-0.4, -0.2) is 23.2 Å². The van der Waals surface area contributed by atoms with Gasteiger partial charge in [0.1, 0.15) is 6.29 Å². The Morgan fingerprint density at radius 1 is 1.23 bits per heavy atom. The number of carbonyl (C=O) groups is 2. The summed E-state index contributed by atoms with van der Waals surface area (Å²) in [7, 11) is 0. The minimum Gasteiger partial charge on any atom is -0.349 e. The largest absolute Gasteiger partial charge is 0.349 e. The molecule has 4 heteroatoms. The number of aromatic nitrogens is 1. The molecule has 0 bridgehead atoms. The van der Waals surface area contributed by atoms with Crippen molar-refractivity contribution in [2.24, 2.45) is 17.8 Å². The minimum atomic E-state index is -0.0168. The van der Waals surface area contributed by atoms with E-state index < -0.39 is 0 Å². The Kier molecular flexibility index (Phi) is 3.17. The molecule has 2 aliphatic rings. The quantitative estimate of drug-likeness (QED) is 0.882. The van der Waals surface area contributed by atoms with Gasteiger partial charge in [-0.05, 0) is 48.8 Å². The highest BCUT2D eigenvalue weighted by atomic mass is 16.1. The van der Waals surface area contributed by atoms with E-state index in [1.807, 2.05) is 30.3 Å². The van der Waals surface area contributed by atoms with Gasteiger partial charge >= 0.3 is 0 Å². The van der Waals surface area contributed by atoms with Crippen LogP contribution in [0.1, 0.15) is 29.6 Å². The summed E-state index contributed by atoms with van der Waals surface area (Å²) < 4.78 is 0. The SMILES string of the molecule is O=CC[C@@H]1[C@H]2C[C@H](NC(=O)c3cccc4ncccc34)C[C@@H]12. The average Bonchev–Trinajstić information content (AvgIpc) is 2.99. The third-order valence-corrected chi connectivity index (χ3v) is 5.22. The van der Waals surface area contributed by atoms with E-state index in [-0.39, 0.29) is 11.9 Å². The number of hydrogen-bond acceptors (Lipinski definition) is 3. The monoisotopic (exact) mass is 294 g/mol. The van der Waals surface area contributed by atoms with E-state index in [0.29, 0.717) is 29.7 Å². The van der Waals surface area contributed by atoms with Crippen LogP contribution in [0.25, 0.3) is 10.9 Å². The van der Waals surface area contributed by atoms with Gasteiger partial charge in [0.2, 0.25) is 0 Å². The van der Waals surface area contributed by atoms with Gasteiger partial charge in [0.15, 0.2) is 0 Å². The van der Waals surface area contributed by atoms with Crippen molar-refractivity contribution in [3.63, 3.8) is 0 Å². The van der Waals surface area contributed by atoms with E-state index in [4.69, 9.17) is 0 Å². The summed E-state index contributed by atoms with van der Waals surface area (Å²) in [6, 6.07) is 9.68. The van der Waals surface area contributed by atoms with Crippen molar-refractivity contribution < 1.29 is 9.59 Å². The molecule has 2 aromatic rings. The molecule has 4 nitrogen and oxygen atoms in total. The first-order valence-electron chi connectivity index (χ1n) is 7.86. The lowest BCUT2D eigenvalue weighted by atomic mass is 10.0. The Bertz CT molecular complexity index is 725. The first kappa shape index (κ1) is 13.4.